The molecule has 8 nitrogen and oxygen atoms in total. The summed E-state index contributed by atoms with van der Waals surface area (Å²) in [7, 11) is 1.94. The molecular weight excluding hydrogens is 361 g/mol. The first-order valence-corrected chi connectivity index (χ1v) is 9.30. The number of fused-ring (bicyclic) bond motifs is 1. The second-order valence-corrected chi connectivity index (χ2v) is 6.83. The fourth-order valence-corrected chi connectivity index (χ4v) is 3.35. The van der Waals surface area contributed by atoms with Gasteiger partial charge in [0.25, 0.3) is 5.91 Å². The zero-order valence-corrected chi connectivity index (χ0v) is 15.8. The SMILES string of the molecule is CCc1cn2cc(NC(=O)c3cnc(N4CC[C@@H](NC)C4)cn3)cc(F)c2n1. The smallest absolute Gasteiger partial charge is 0.275 e. The van der Waals surface area contributed by atoms with Crippen LogP contribution in [0.5, 0.6) is 0 Å². The average molecular weight is 383 g/mol. The standard InChI is InChI=1S/C19H22FN7O/c1-3-12-9-27-11-14(6-15(20)18(27)24-12)25-19(28)16-7-23-17(8-22-16)26-5-4-13(10-26)21-2/h6-9,11,13,21H,3-5,10H2,1-2H3,(H,25,28)/t13-/m1/s1. The predicted molar refractivity (Wildman–Crippen MR) is 104 cm³/mol. The van der Waals surface area contributed by atoms with Gasteiger partial charge in [0.1, 0.15) is 11.5 Å². The third kappa shape index (κ3) is 3.53. The quantitative estimate of drug-likeness (QED) is 0.700. The number of nitrogens with one attached hydrogen (secondary N) is 2. The first-order chi connectivity index (χ1) is 13.6. The minimum atomic E-state index is -0.493. The maximum absolute atomic E-state index is 14.3. The number of nitrogens with zero attached hydrogens (tertiary/aromatic N) is 5. The number of hydrogen-bond acceptors (Lipinski definition) is 6. The van der Waals surface area contributed by atoms with Crippen molar-refractivity contribution >= 4 is 23.1 Å². The highest BCUT2D eigenvalue weighted by atomic mass is 19.1. The number of anilines is 2. The van der Waals surface area contributed by atoms with Crippen LogP contribution < -0.4 is 15.5 Å². The average Bonchev–Trinajstić information content (AvgIpc) is 3.35. The van der Waals surface area contributed by atoms with Gasteiger partial charge in [-0.05, 0) is 19.9 Å². The summed E-state index contributed by atoms with van der Waals surface area (Å²) in [6, 6.07) is 1.69. The van der Waals surface area contributed by atoms with Gasteiger partial charge in [-0.15, -0.1) is 0 Å². The van der Waals surface area contributed by atoms with E-state index in [-0.39, 0.29) is 11.3 Å². The van der Waals surface area contributed by atoms with E-state index in [0.717, 1.165) is 31.0 Å². The molecule has 1 saturated heterocycles. The van der Waals surface area contributed by atoms with Crippen LogP contribution in [-0.4, -0.2) is 51.4 Å². The number of aryl methyl sites for hydroxylation is 1. The number of carbonyl (C=O) groups excluding carboxylic acids is 1. The van der Waals surface area contributed by atoms with Gasteiger partial charge >= 0.3 is 0 Å². The number of pyridine rings is 1. The molecule has 1 atom stereocenters. The van der Waals surface area contributed by atoms with E-state index in [9.17, 15) is 9.18 Å². The third-order valence-electron chi connectivity index (χ3n) is 4.97. The van der Waals surface area contributed by atoms with E-state index < -0.39 is 11.7 Å². The monoisotopic (exact) mass is 383 g/mol. The van der Waals surface area contributed by atoms with E-state index in [1.807, 2.05) is 14.0 Å². The highest BCUT2D eigenvalue weighted by molar-refractivity contribution is 6.02. The second kappa shape index (κ2) is 7.51. The molecule has 3 aromatic heterocycles. The first kappa shape index (κ1) is 18.3. The molecule has 0 spiro atoms. The topological polar surface area (TPSA) is 87.5 Å². The van der Waals surface area contributed by atoms with Gasteiger partial charge in [0.2, 0.25) is 0 Å². The first-order valence-electron chi connectivity index (χ1n) is 9.30. The highest BCUT2D eigenvalue weighted by Gasteiger charge is 2.22. The van der Waals surface area contributed by atoms with Gasteiger partial charge in [0.15, 0.2) is 11.5 Å². The van der Waals surface area contributed by atoms with Crippen molar-refractivity contribution in [2.75, 3.05) is 30.4 Å². The van der Waals surface area contributed by atoms with Crippen molar-refractivity contribution in [2.45, 2.75) is 25.8 Å². The lowest BCUT2D eigenvalue weighted by molar-refractivity contribution is 0.102. The van der Waals surface area contributed by atoms with Crippen LogP contribution in [0.25, 0.3) is 5.65 Å². The van der Waals surface area contributed by atoms with E-state index in [4.69, 9.17) is 0 Å². The molecule has 28 heavy (non-hydrogen) atoms. The molecule has 0 radical (unpaired) electrons. The Hall–Kier alpha value is -3.07. The number of imidazole rings is 1. The predicted octanol–water partition coefficient (Wildman–Crippen LogP) is 1.88. The van der Waals surface area contributed by atoms with Gasteiger partial charge in [-0.25, -0.2) is 19.3 Å². The van der Waals surface area contributed by atoms with Crippen molar-refractivity contribution in [3.8, 4) is 0 Å². The minimum absolute atomic E-state index is 0.175. The Labute approximate surface area is 161 Å². The lowest BCUT2D eigenvalue weighted by Crippen LogP contribution is -2.30. The molecule has 0 saturated carbocycles. The fourth-order valence-electron chi connectivity index (χ4n) is 3.35. The third-order valence-corrected chi connectivity index (χ3v) is 4.97. The van der Waals surface area contributed by atoms with Crippen molar-refractivity contribution in [1.29, 1.82) is 0 Å². The van der Waals surface area contributed by atoms with Crippen molar-refractivity contribution in [3.05, 3.63) is 48.1 Å². The van der Waals surface area contributed by atoms with E-state index in [1.165, 1.54) is 12.3 Å². The second-order valence-electron chi connectivity index (χ2n) is 6.83. The molecule has 0 aromatic carbocycles. The largest absolute Gasteiger partial charge is 0.354 e. The molecule has 3 aromatic rings. The molecule has 1 fully saturated rings. The number of halogens is 1. The van der Waals surface area contributed by atoms with Gasteiger partial charge < -0.3 is 19.9 Å². The van der Waals surface area contributed by atoms with Crippen LogP contribution in [0.2, 0.25) is 0 Å². The fraction of sp³-hybridized carbons (Fsp3) is 0.368. The molecule has 146 valence electrons. The van der Waals surface area contributed by atoms with Crippen LogP contribution in [0.1, 0.15) is 29.5 Å². The van der Waals surface area contributed by atoms with Crippen LogP contribution >= 0.6 is 0 Å². The van der Waals surface area contributed by atoms with Crippen LogP contribution in [0, 0.1) is 5.82 Å². The van der Waals surface area contributed by atoms with Crippen molar-refractivity contribution < 1.29 is 9.18 Å². The van der Waals surface area contributed by atoms with Crippen molar-refractivity contribution in [2.24, 2.45) is 0 Å². The van der Waals surface area contributed by atoms with Gasteiger partial charge in [0, 0.05) is 37.6 Å². The molecule has 0 bridgehead atoms. The number of carbonyl (C=O) groups is 1. The van der Waals surface area contributed by atoms with Crippen LogP contribution in [0.3, 0.4) is 0 Å². The van der Waals surface area contributed by atoms with Crippen LogP contribution in [0.15, 0.2) is 30.9 Å². The van der Waals surface area contributed by atoms with Gasteiger partial charge in [-0.1, -0.05) is 6.92 Å². The molecule has 4 rings (SSSR count). The summed E-state index contributed by atoms with van der Waals surface area (Å²) in [6.07, 6.45) is 8.17. The molecule has 9 heteroatoms. The Balaban J connectivity index is 1.48. The van der Waals surface area contributed by atoms with Gasteiger partial charge in [0.05, 0.1) is 23.8 Å². The molecule has 0 unspecified atom stereocenters. The van der Waals surface area contributed by atoms with Gasteiger partial charge in [-0.2, -0.15) is 0 Å². The Kier molecular flexibility index (Phi) is 4.91. The normalized spacial score (nSPS) is 16.7. The summed E-state index contributed by atoms with van der Waals surface area (Å²) < 4.78 is 15.8. The maximum Gasteiger partial charge on any atom is 0.275 e. The van der Waals surface area contributed by atoms with Crippen LogP contribution in [-0.2, 0) is 6.42 Å². The summed E-state index contributed by atoms with van der Waals surface area (Å²) in [5.74, 6) is -0.192. The van der Waals surface area contributed by atoms with Crippen molar-refractivity contribution in [1.82, 2.24) is 24.7 Å². The zero-order chi connectivity index (χ0) is 19.7. The molecule has 4 heterocycles. The van der Waals surface area contributed by atoms with Crippen LogP contribution in [0.4, 0.5) is 15.9 Å². The molecule has 0 aliphatic carbocycles. The van der Waals surface area contributed by atoms with E-state index in [2.05, 4.69) is 30.5 Å². The molecular formula is C19H22FN7O. The highest BCUT2D eigenvalue weighted by Crippen LogP contribution is 2.19. The number of aromatic nitrogens is 4. The Morgan fingerprint density at radius 2 is 2.18 bits per heavy atom. The summed E-state index contributed by atoms with van der Waals surface area (Å²) >= 11 is 0. The van der Waals surface area contributed by atoms with E-state index in [1.54, 1.807) is 23.0 Å². The Bertz CT molecular complexity index is 1000. The number of amides is 1. The molecule has 1 amide bonds. The zero-order valence-electron chi connectivity index (χ0n) is 15.8. The van der Waals surface area contributed by atoms with E-state index >= 15 is 0 Å². The molecule has 1 aliphatic heterocycles. The summed E-state index contributed by atoms with van der Waals surface area (Å²) in [4.78, 5) is 27.4. The molecule has 1 aliphatic rings. The summed E-state index contributed by atoms with van der Waals surface area (Å²) in [6.45, 7) is 3.71. The maximum atomic E-state index is 14.3. The number of rotatable bonds is 5. The lowest BCUT2D eigenvalue weighted by atomic mass is 10.3. The summed E-state index contributed by atoms with van der Waals surface area (Å²) in [5.41, 5.74) is 1.53. The number of hydrogen-bond donors (Lipinski definition) is 2. The minimum Gasteiger partial charge on any atom is -0.354 e. The lowest BCUT2D eigenvalue weighted by Gasteiger charge is -2.17. The van der Waals surface area contributed by atoms with Crippen molar-refractivity contribution in [3.63, 3.8) is 0 Å². The van der Waals surface area contributed by atoms with Gasteiger partial charge in [-0.3, -0.25) is 4.79 Å². The van der Waals surface area contributed by atoms with E-state index in [0.29, 0.717) is 18.2 Å². The Morgan fingerprint density at radius 1 is 1.32 bits per heavy atom. The Morgan fingerprint density at radius 3 is 2.86 bits per heavy atom. The molecule has 2 N–H and O–H groups in total. The number of likely N-dealkylation sites (N-methyl/N-ethyl adjacent to an activating group) is 1. The summed E-state index contributed by atoms with van der Waals surface area (Å²) in [5, 5.41) is 5.92.